The smallest absolute Gasteiger partial charge is 0.329 e. The highest BCUT2D eigenvalue weighted by Gasteiger charge is 2.29. The highest BCUT2D eigenvalue weighted by molar-refractivity contribution is 5.20. The zero-order valence-electron chi connectivity index (χ0n) is 9.64. The molecule has 0 radical (unpaired) electrons. The SMILES string of the molecule is CC(CN)(Cc1ccccc1)c1noc(=O)[nH]1. The molecule has 0 bridgehead atoms. The molecule has 1 unspecified atom stereocenters. The van der Waals surface area contributed by atoms with Crippen LogP contribution in [0.15, 0.2) is 39.6 Å². The van der Waals surface area contributed by atoms with Gasteiger partial charge in [-0.25, -0.2) is 4.79 Å². The summed E-state index contributed by atoms with van der Waals surface area (Å²) in [4.78, 5) is 13.6. The number of hydrogen-bond acceptors (Lipinski definition) is 4. The molecule has 5 nitrogen and oxygen atoms in total. The van der Waals surface area contributed by atoms with Gasteiger partial charge in [0.25, 0.3) is 0 Å². The van der Waals surface area contributed by atoms with Gasteiger partial charge in [0, 0.05) is 12.0 Å². The zero-order chi connectivity index (χ0) is 12.3. The second-order valence-electron chi connectivity index (χ2n) is 4.37. The van der Waals surface area contributed by atoms with Gasteiger partial charge in [0.2, 0.25) is 0 Å². The summed E-state index contributed by atoms with van der Waals surface area (Å²) in [6.07, 6.45) is 0.701. The lowest BCUT2D eigenvalue weighted by molar-refractivity contribution is 0.358. The molecule has 1 aromatic heterocycles. The Kier molecular flexibility index (Phi) is 3.10. The summed E-state index contributed by atoms with van der Waals surface area (Å²) in [7, 11) is 0. The van der Waals surface area contributed by atoms with E-state index in [0.717, 1.165) is 5.56 Å². The highest BCUT2D eigenvalue weighted by Crippen LogP contribution is 2.23. The number of nitrogens with zero attached hydrogens (tertiary/aromatic N) is 1. The third-order valence-corrected chi connectivity index (χ3v) is 2.90. The lowest BCUT2D eigenvalue weighted by Crippen LogP contribution is -2.35. The Hall–Kier alpha value is -1.88. The summed E-state index contributed by atoms with van der Waals surface area (Å²) < 4.78 is 4.53. The largest absolute Gasteiger partial charge is 0.438 e. The maximum Gasteiger partial charge on any atom is 0.438 e. The van der Waals surface area contributed by atoms with Crippen LogP contribution in [0.5, 0.6) is 0 Å². The van der Waals surface area contributed by atoms with Gasteiger partial charge in [0.1, 0.15) is 0 Å². The van der Waals surface area contributed by atoms with E-state index < -0.39 is 11.2 Å². The first-order chi connectivity index (χ1) is 8.14. The minimum atomic E-state index is -0.548. The zero-order valence-corrected chi connectivity index (χ0v) is 9.64. The Morgan fingerprint density at radius 2 is 2.12 bits per heavy atom. The standard InChI is InChI=1S/C12H15N3O2/c1-12(8-13,10-14-11(16)17-15-10)7-9-5-3-2-4-6-9/h2-6H,7-8,13H2,1H3,(H,14,15,16). The Labute approximate surface area is 98.6 Å². The summed E-state index contributed by atoms with van der Waals surface area (Å²) in [6, 6.07) is 9.94. The Morgan fingerprint density at radius 1 is 1.41 bits per heavy atom. The van der Waals surface area contributed by atoms with Crippen molar-refractivity contribution in [2.45, 2.75) is 18.8 Å². The molecule has 3 N–H and O–H groups in total. The molecule has 0 aliphatic carbocycles. The Morgan fingerprint density at radius 3 is 2.65 bits per heavy atom. The first-order valence-corrected chi connectivity index (χ1v) is 5.44. The van der Waals surface area contributed by atoms with Crippen molar-refractivity contribution in [3.05, 3.63) is 52.3 Å². The van der Waals surface area contributed by atoms with E-state index in [2.05, 4.69) is 14.7 Å². The fourth-order valence-electron chi connectivity index (χ4n) is 1.79. The molecule has 2 rings (SSSR count). The van der Waals surface area contributed by atoms with Crippen molar-refractivity contribution in [1.82, 2.24) is 10.1 Å². The van der Waals surface area contributed by atoms with Crippen LogP contribution in [0.2, 0.25) is 0 Å². The molecule has 17 heavy (non-hydrogen) atoms. The summed E-state index contributed by atoms with van der Waals surface area (Å²) in [5.41, 5.74) is 6.51. The fourth-order valence-corrected chi connectivity index (χ4v) is 1.79. The van der Waals surface area contributed by atoms with E-state index in [0.29, 0.717) is 18.8 Å². The Bertz CT molecular complexity index is 532. The van der Waals surface area contributed by atoms with Crippen molar-refractivity contribution >= 4 is 0 Å². The molecule has 1 atom stereocenters. The second kappa shape index (κ2) is 4.55. The molecule has 0 aliphatic heterocycles. The first-order valence-electron chi connectivity index (χ1n) is 5.44. The van der Waals surface area contributed by atoms with E-state index in [1.165, 1.54) is 0 Å². The summed E-state index contributed by atoms with van der Waals surface area (Å²) in [6.45, 7) is 2.33. The molecule has 0 fully saturated rings. The molecule has 0 saturated heterocycles. The molecular formula is C12H15N3O2. The van der Waals surface area contributed by atoms with E-state index in [4.69, 9.17) is 5.73 Å². The average Bonchev–Trinajstić information content (AvgIpc) is 2.78. The molecular weight excluding hydrogens is 218 g/mol. The number of aromatic amines is 1. The van der Waals surface area contributed by atoms with Crippen LogP contribution in [-0.2, 0) is 11.8 Å². The van der Waals surface area contributed by atoms with E-state index in [9.17, 15) is 4.79 Å². The average molecular weight is 233 g/mol. The van der Waals surface area contributed by atoms with Gasteiger partial charge in [0.15, 0.2) is 5.82 Å². The van der Waals surface area contributed by atoms with E-state index >= 15 is 0 Å². The molecule has 5 heteroatoms. The van der Waals surface area contributed by atoms with Crippen LogP contribution in [0.25, 0.3) is 0 Å². The second-order valence-corrected chi connectivity index (χ2v) is 4.37. The minimum Gasteiger partial charge on any atom is -0.329 e. The predicted octanol–water partition coefficient (Wildman–Crippen LogP) is 0.822. The minimum absolute atomic E-state index is 0.379. The van der Waals surface area contributed by atoms with Crippen LogP contribution in [0, 0.1) is 0 Å². The lowest BCUT2D eigenvalue weighted by atomic mass is 9.83. The quantitative estimate of drug-likeness (QED) is 0.818. The van der Waals surface area contributed by atoms with E-state index in [-0.39, 0.29) is 0 Å². The number of nitrogens with two attached hydrogens (primary N) is 1. The third kappa shape index (κ3) is 2.45. The fraction of sp³-hybridized carbons (Fsp3) is 0.333. The molecule has 0 spiro atoms. The van der Waals surface area contributed by atoms with Crippen LogP contribution in [0.1, 0.15) is 18.3 Å². The van der Waals surface area contributed by atoms with Crippen molar-refractivity contribution in [3.8, 4) is 0 Å². The van der Waals surface area contributed by atoms with Gasteiger partial charge < -0.3 is 5.73 Å². The van der Waals surface area contributed by atoms with E-state index in [1.54, 1.807) is 0 Å². The van der Waals surface area contributed by atoms with Crippen molar-refractivity contribution < 1.29 is 4.52 Å². The van der Waals surface area contributed by atoms with Gasteiger partial charge in [-0.3, -0.25) is 9.51 Å². The molecule has 90 valence electrons. The molecule has 1 aromatic carbocycles. The summed E-state index contributed by atoms with van der Waals surface area (Å²) >= 11 is 0. The van der Waals surface area contributed by atoms with Crippen LogP contribution >= 0.6 is 0 Å². The van der Waals surface area contributed by atoms with Gasteiger partial charge in [-0.1, -0.05) is 42.4 Å². The van der Waals surface area contributed by atoms with Crippen LogP contribution in [0.3, 0.4) is 0 Å². The predicted molar refractivity (Wildman–Crippen MR) is 63.7 cm³/mol. The summed E-state index contributed by atoms with van der Waals surface area (Å²) in [5.74, 6) is -0.0541. The molecule has 0 saturated carbocycles. The summed E-state index contributed by atoms with van der Waals surface area (Å²) in [5, 5.41) is 3.73. The maximum atomic E-state index is 11.0. The van der Waals surface area contributed by atoms with Crippen molar-refractivity contribution in [1.29, 1.82) is 0 Å². The van der Waals surface area contributed by atoms with Crippen molar-refractivity contribution in [3.63, 3.8) is 0 Å². The monoisotopic (exact) mass is 233 g/mol. The number of nitrogens with one attached hydrogen (secondary N) is 1. The molecule has 0 aliphatic rings. The van der Waals surface area contributed by atoms with Gasteiger partial charge in [-0.15, -0.1) is 0 Å². The van der Waals surface area contributed by atoms with Crippen LogP contribution < -0.4 is 11.5 Å². The third-order valence-electron chi connectivity index (χ3n) is 2.90. The van der Waals surface area contributed by atoms with Crippen molar-refractivity contribution in [2.75, 3.05) is 6.54 Å². The Balaban J connectivity index is 2.29. The number of benzene rings is 1. The number of rotatable bonds is 4. The van der Waals surface area contributed by atoms with Crippen LogP contribution in [-0.4, -0.2) is 16.7 Å². The van der Waals surface area contributed by atoms with Gasteiger partial charge in [-0.2, -0.15) is 0 Å². The van der Waals surface area contributed by atoms with Gasteiger partial charge >= 0.3 is 5.76 Å². The van der Waals surface area contributed by atoms with Crippen molar-refractivity contribution in [2.24, 2.45) is 5.73 Å². The number of aromatic nitrogens is 2. The number of H-pyrrole nitrogens is 1. The topological polar surface area (TPSA) is 84.9 Å². The van der Waals surface area contributed by atoms with Crippen LogP contribution in [0.4, 0.5) is 0 Å². The maximum absolute atomic E-state index is 11.0. The number of hydrogen-bond donors (Lipinski definition) is 2. The molecule has 2 aromatic rings. The van der Waals surface area contributed by atoms with Gasteiger partial charge in [-0.05, 0) is 12.0 Å². The highest BCUT2D eigenvalue weighted by atomic mass is 16.5. The lowest BCUT2D eigenvalue weighted by Gasteiger charge is -2.24. The normalized spacial score (nSPS) is 14.5. The molecule has 1 heterocycles. The van der Waals surface area contributed by atoms with E-state index in [1.807, 2.05) is 37.3 Å². The van der Waals surface area contributed by atoms with Gasteiger partial charge in [0.05, 0.1) is 0 Å². The first kappa shape index (κ1) is 11.6. The molecule has 0 amide bonds.